The minimum Gasteiger partial charge on any atom is -0.328 e. The first-order valence-electron chi connectivity index (χ1n) is 7.94. The van der Waals surface area contributed by atoms with Crippen LogP contribution in [0.25, 0.3) is 0 Å². The van der Waals surface area contributed by atoms with Gasteiger partial charge in [-0.2, -0.15) is 0 Å². The third kappa shape index (κ3) is 3.16. The van der Waals surface area contributed by atoms with Crippen molar-refractivity contribution < 1.29 is 8.42 Å². The van der Waals surface area contributed by atoms with Gasteiger partial charge in [0.25, 0.3) is 0 Å². The fourth-order valence-electron chi connectivity index (χ4n) is 3.83. The van der Waals surface area contributed by atoms with Gasteiger partial charge < -0.3 is 9.88 Å². The van der Waals surface area contributed by atoms with Crippen molar-refractivity contribution >= 4 is 9.84 Å². The Morgan fingerprint density at radius 1 is 1.38 bits per heavy atom. The third-order valence-electron chi connectivity index (χ3n) is 4.66. The third-order valence-corrected chi connectivity index (χ3v) is 5.74. The van der Waals surface area contributed by atoms with Crippen molar-refractivity contribution in [3.05, 3.63) is 17.2 Å². The van der Waals surface area contributed by atoms with Crippen LogP contribution in [-0.2, 0) is 22.8 Å². The number of aromatic nitrogens is 2. The van der Waals surface area contributed by atoms with Crippen molar-refractivity contribution in [3.8, 4) is 0 Å². The Kier molecular flexibility index (Phi) is 4.10. The summed E-state index contributed by atoms with van der Waals surface area (Å²) in [7, 11) is -2.98. The smallest absolute Gasteiger partial charge is 0.149 e. The number of hydrogen-bond acceptors (Lipinski definition) is 4. The maximum absolute atomic E-state index is 11.7. The molecule has 1 aromatic rings. The molecule has 0 spiro atoms. The standard InChI is InChI=1S/C15H25N3O2S/c1-11(10-21(2,19)20)18-14-7-8-16-9-13(14)17-15(18)12-5-3-4-6-12/h11-12,16H,3-10H2,1-2H3. The van der Waals surface area contributed by atoms with E-state index in [-0.39, 0.29) is 11.8 Å². The summed E-state index contributed by atoms with van der Waals surface area (Å²) in [5, 5.41) is 3.37. The predicted octanol–water partition coefficient (Wildman–Crippen LogP) is 1.79. The molecule has 21 heavy (non-hydrogen) atoms. The maximum Gasteiger partial charge on any atom is 0.149 e. The summed E-state index contributed by atoms with van der Waals surface area (Å²) in [6.07, 6.45) is 7.18. The largest absolute Gasteiger partial charge is 0.328 e. The van der Waals surface area contributed by atoms with Crippen LogP contribution in [0.3, 0.4) is 0 Å². The summed E-state index contributed by atoms with van der Waals surface area (Å²) in [6.45, 7) is 3.78. The van der Waals surface area contributed by atoms with Crippen molar-refractivity contribution in [2.24, 2.45) is 0 Å². The lowest BCUT2D eigenvalue weighted by Gasteiger charge is -2.23. The molecule has 6 heteroatoms. The monoisotopic (exact) mass is 311 g/mol. The number of nitrogens with one attached hydrogen (secondary N) is 1. The van der Waals surface area contributed by atoms with Gasteiger partial charge in [0.15, 0.2) is 0 Å². The molecule has 1 N–H and O–H groups in total. The summed E-state index contributed by atoms with van der Waals surface area (Å²) in [5.41, 5.74) is 2.38. The molecule has 3 rings (SSSR count). The van der Waals surface area contributed by atoms with Crippen molar-refractivity contribution in [2.45, 2.75) is 57.5 Å². The van der Waals surface area contributed by atoms with Crippen molar-refractivity contribution in [2.75, 3.05) is 18.6 Å². The Morgan fingerprint density at radius 3 is 2.76 bits per heavy atom. The zero-order valence-corrected chi connectivity index (χ0v) is 13.7. The molecule has 0 aromatic carbocycles. The molecule has 0 amide bonds. The predicted molar refractivity (Wildman–Crippen MR) is 83.3 cm³/mol. The average molecular weight is 311 g/mol. The van der Waals surface area contributed by atoms with Crippen molar-refractivity contribution in [1.29, 1.82) is 0 Å². The van der Waals surface area contributed by atoms with E-state index >= 15 is 0 Å². The van der Waals surface area contributed by atoms with Crippen LogP contribution in [0.2, 0.25) is 0 Å². The fraction of sp³-hybridized carbons (Fsp3) is 0.800. The van der Waals surface area contributed by atoms with E-state index in [4.69, 9.17) is 4.98 Å². The minimum absolute atomic E-state index is 0.0232. The highest BCUT2D eigenvalue weighted by Crippen LogP contribution is 2.36. The molecule has 2 heterocycles. The second-order valence-corrected chi connectivity index (χ2v) is 8.77. The number of imidazole rings is 1. The van der Waals surface area contributed by atoms with Crippen LogP contribution in [-0.4, -0.2) is 36.5 Å². The Balaban J connectivity index is 2.00. The molecule has 1 atom stereocenters. The molecular formula is C15H25N3O2S. The molecule has 2 aliphatic rings. The van der Waals surface area contributed by atoms with Crippen LogP contribution in [0.4, 0.5) is 0 Å². The molecular weight excluding hydrogens is 286 g/mol. The maximum atomic E-state index is 11.7. The molecule has 1 saturated carbocycles. The fourth-order valence-corrected chi connectivity index (χ4v) is 4.86. The van der Waals surface area contributed by atoms with E-state index < -0.39 is 9.84 Å². The molecule has 0 saturated heterocycles. The first-order chi connectivity index (χ1) is 9.96. The number of nitrogens with zero attached hydrogens (tertiary/aromatic N) is 2. The number of sulfone groups is 1. The summed E-state index contributed by atoms with van der Waals surface area (Å²) in [4.78, 5) is 4.89. The first kappa shape index (κ1) is 15.0. The van der Waals surface area contributed by atoms with Gasteiger partial charge in [-0.15, -0.1) is 0 Å². The van der Waals surface area contributed by atoms with Gasteiger partial charge in [-0.05, 0) is 19.8 Å². The van der Waals surface area contributed by atoms with Crippen molar-refractivity contribution in [3.63, 3.8) is 0 Å². The van der Waals surface area contributed by atoms with Gasteiger partial charge in [0.1, 0.15) is 15.7 Å². The van der Waals surface area contributed by atoms with Crippen LogP contribution < -0.4 is 5.32 Å². The number of fused-ring (bicyclic) bond motifs is 1. The van der Waals surface area contributed by atoms with E-state index in [0.717, 1.165) is 31.0 Å². The topological polar surface area (TPSA) is 64.0 Å². The number of rotatable bonds is 4. The second-order valence-electron chi connectivity index (χ2n) is 6.58. The average Bonchev–Trinajstić information content (AvgIpc) is 3.03. The quantitative estimate of drug-likeness (QED) is 0.921. The molecule has 1 aliphatic heterocycles. The van der Waals surface area contributed by atoms with Crippen LogP contribution in [0.15, 0.2) is 0 Å². The van der Waals surface area contributed by atoms with Gasteiger partial charge in [0.05, 0.1) is 11.4 Å². The summed E-state index contributed by atoms with van der Waals surface area (Å²) in [6, 6.07) is -0.0232. The number of hydrogen-bond donors (Lipinski definition) is 1. The molecule has 1 aliphatic carbocycles. The van der Waals surface area contributed by atoms with Crippen LogP contribution in [0.5, 0.6) is 0 Å². The zero-order valence-electron chi connectivity index (χ0n) is 12.9. The second kappa shape index (κ2) is 5.72. The van der Waals surface area contributed by atoms with Crippen molar-refractivity contribution in [1.82, 2.24) is 14.9 Å². The molecule has 0 bridgehead atoms. The summed E-state index contributed by atoms with van der Waals surface area (Å²) in [5.74, 6) is 1.85. The van der Waals surface area contributed by atoms with Gasteiger partial charge in [0, 0.05) is 43.4 Å². The van der Waals surface area contributed by atoms with Crippen LogP contribution in [0.1, 0.15) is 61.8 Å². The first-order valence-corrected chi connectivity index (χ1v) is 10.00. The Labute approximate surface area is 127 Å². The molecule has 118 valence electrons. The zero-order chi connectivity index (χ0) is 15.0. The molecule has 0 radical (unpaired) electrons. The van der Waals surface area contributed by atoms with Crippen LogP contribution >= 0.6 is 0 Å². The lowest BCUT2D eigenvalue weighted by molar-refractivity contribution is 0.497. The lowest BCUT2D eigenvalue weighted by atomic mass is 10.1. The highest BCUT2D eigenvalue weighted by Gasteiger charge is 2.29. The van der Waals surface area contributed by atoms with Gasteiger partial charge in [0.2, 0.25) is 0 Å². The Hall–Kier alpha value is -0.880. The van der Waals surface area contributed by atoms with E-state index in [1.165, 1.54) is 37.6 Å². The summed E-state index contributed by atoms with van der Waals surface area (Å²) < 4.78 is 25.6. The lowest BCUT2D eigenvalue weighted by Crippen LogP contribution is -2.27. The van der Waals surface area contributed by atoms with Gasteiger partial charge in [-0.25, -0.2) is 13.4 Å². The summed E-state index contributed by atoms with van der Waals surface area (Å²) >= 11 is 0. The minimum atomic E-state index is -2.98. The van der Waals surface area contributed by atoms with Crippen LogP contribution in [0, 0.1) is 0 Å². The van der Waals surface area contributed by atoms with Gasteiger partial charge in [-0.3, -0.25) is 0 Å². The van der Waals surface area contributed by atoms with E-state index in [1.54, 1.807) is 0 Å². The highest BCUT2D eigenvalue weighted by molar-refractivity contribution is 7.90. The Bertz CT molecular complexity index is 615. The van der Waals surface area contributed by atoms with E-state index in [0.29, 0.717) is 5.92 Å². The van der Waals surface area contributed by atoms with Gasteiger partial charge in [-0.1, -0.05) is 12.8 Å². The van der Waals surface area contributed by atoms with Gasteiger partial charge >= 0.3 is 0 Å². The SMILES string of the molecule is CC(CS(C)(=O)=O)n1c(C2CCCC2)nc2c1CCNC2. The normalized spacial score (nSPS) is 21.4. The highest BCUT2D eigenvalue weighted by atomic mass is 32.2. The van der Waals surface area contributed by atoms with E-state index in [2.05, 4.69) is 9.88 Å². The Morgan fingerprint density at radius 2 is 2.10 bits per heavy atom. The molecule has 1 aromatic heterocycles. The molecule has 1 unspecified atom stereocenters. The van der Waals surface area contributed by atoms with E-state index in [1.807, 2.05) is 6.92 Å². The molecule has 5 nitrogen and oxygen atoms in total. The van der Waals surface area contributed by atoms with E-state index in [9.17, 15) is 8.42 Å². The molecule has 1 fully saturated rings.